The molecule has 2 rings (SSSR count). The Labute approximate surface area is 133 Å². The van der Waals surface area contributed by atoms with Crippen LogP contribution in [0.2, 0.25) is 5.02 Å². The van der Waals surface area contributed by atoms with Crippen LogP contribution in [0.3, 0.4) is 0 Å². The van der Waals surface area contributed by atoms with Gasteiger partial charge in [0.25, 0.3) is 0 Å². The molecule has 120 valence electrons. The lowest BCUT2D eigenvalue weighted by molar-refractivity contribution is 0.153. The zero-order valence-corrected chi connectivity index (χ0v) is 14.5. The Morgan fingerprint density at radius 2 is 2.00 bits per heavy atom. The lowest BCUT2D eigenvalue weighted by Crippen LogP contribution is -2.49. The smallest absolute Gasteiger partial charge is 0.0847 e. The van der Waals surface area contributed by atoms with Gasteiger partial charge in [0.2, 0.25) is 0 Å². The molecule has 1 aromatic heterocycles. The van der Waals surface area contributed by atoms with Gasteiger partial charge in [0.1, 0.15) is 0 Å². The largest absolute Gasteiger partial charge is 0.271 e. The molecule has 1 unspecified atom stereocenters. The first-order valence-corrected chi connectivity index (χ1v) is 8.41. The molecule has 3 N–H and O–H groups in total. The van der Waals surface area contributed by atoms with E-state index in [0.717, 1.165) is 22.8 Å². The van der Waals surface area contributed by atoms with Crippen LogP contribution in [0.1, 0.15) is 57.3 Å². The molecule has 0 amide bonds. The lowest BCUT2D eigenvalue weighted by Gasteiger charge is -2.39. The zero-order chi connectivity index (χ0) is 15.6. The first-order valence-electron chi connectivity index (χ1n) is 8.03. The van der Waals surface area contributed by atoms with Crippen molar-refractivity contribution in [1.82, 2.24) is 15.2 Å². The molecule has 0 radical (unpaired) electrons. The lowest BCUT2D eigenvalue weighted by atomic mass is 9.71. The van der Waals surface area contributed by atoms with E-state index in [-0.39, 0.29) is 6.04 Å². The van der Waals surface area contributed by atoms with Crippen molar-refractivity contribution in [3.63, 3.8) is 0 Å². The second kappa shape index (κ2) is 6.67. The molecule has 1 aliphatic carbocycles. The summed E-state index contributed by atoms with van der Waals surface area (Å²) in [5.74, 6) is 6.63. The summed E-state index contributed by atoms with van der Waals surface area (Å²) in [6.07, 6.45) is 7.20. The van der Waals surface area contributed by atoms with E-state index in [1.807, 2.05) is 18.7 Å². The molecular formula is C16H29ClN4. The maximum Gasteiger partial charge on any atom is 0.0847 e. The first-order chi connectivity index (χ1) is 9.89. The Hall–Kier alpha value is -0.580. The monoisotopic (exact) mass is 312 g/mol. The fourth-order valence-corrected chi connectivity index (χ4v) is 4.37. The van der Waals surface area contributed by atoms with Crippen molar-refractivity contribution in [1.29, 1.82) is 0 Å². The van der Waals surface area contributed by atoms with Crippen LogP contribution in [0.4, 0.5) is 0 Å². The molecule has 0 bridgehead atoms. The summed E-state index contributed by atoms with van der Waals surface area (Å²) in [5.41, 5.74) is 5.39. The van der Waals surface area contributed by atoms with E-state index >= 15 is 0 Å². The number of rotatable bonds is 6. The summed E-state index contributed by atoms with van der Waals surface area (Å²) in [7, 11) is 1.96. The van der Waals surface area contributed by atoms with Crippen LogP contribution in [0.5, 0.6) is 0 Å². The fourth-order valence-electron chi connectivity index (χ4n) is 4.13. The molecule has 4 nitrogen and oxygen atoms in total. The number of nitrogens with zero attached hydrogens (tertiary/aromatic N) is 2. The van der Waals surface area contributed by atoms with Gasteiger partial charge in [-0.3, -0.25) is 16.0 Å². The van der Waals surface area contributed by atoms with Crippen molar-refractivity contribution in [3.8, 4) is 0 Å². The summed E-state index contributed by atoms with van der Waals surface area (Å²) in [5, 5.41) is 5.21. The van der Waals surface area contributed by atoms with Gasteiger partial charge in [-0.05, 0) is 37.5 Å². The molecule has 1 heterocycles. The topological polar surface area (TPSA) is 55.9 Å². The molecule has 1 saturated carbocycles. The van der Waals surface area contributed by atoms with Gasteiger partial charge in [0.05, 0.1) is 16.4 Å². The maximum atomic E-state index is 6.42. The van der Waals surface area contributed by atoms with Crippen molar-refractivity contribution in [3.05, 3.63) is 16.4 Å². The number of nitrogens with one attached hydrogen (secondary N) is 1. The molecular weight excluding hydrogens is 284 g/mol. The average Bonchev–Trinajstić information content (AvgIpc) is 2.95. The van der Waals surface area contributed by atoms with E-state index in [9.17, 15) is 0 Å². The van der Waals surface area contributed by atoms with E-state index in [4.69, 9.17) is 17.4 Å². The summed E-state index contributed by atoms with van der Waals surface area (Å²) in [6, 6.07) is 0.259. The van der Waals surface area contributed by atoms with Gasteiger partial charge in [-0.25, -0.2) is 0 Å². The molecule has 0 spiro atoms. The molecule has 1 aromatic rings. The van der Waals surface area contributed by atoms with Gasteiger partial charge in [0.15, 0.2) is 0 Å². The van der Waals surface area contributed by atoms with Crippen molar-refractivity contribution in [2.24, 2.45) is 24.2 Å². The second-order valence-corrected chi connectivity index (χ2v) is 7.44. The standard InChI is InChI=1S/C16H29ClN4/c1-11(2)10-16(7-5-6-8-16)14(19-18)9-13-15(17)12(3)20-21(13)4/h11,14,19H,5-10,18H2,1-4H3. The molecule has 1 atom stereocenters. The predicted molar refractivity (Wildman–Crippen MR) is 88.1 cm³/mol. The minimum Gasteiger partial charge on any atom is -0.271 e. The Balaban J connectivity index is 2.25. The summed E-state index contributed by atoms with van der Waals surface area (Å²) in [4.78, 5) is 0. The summed E-state index contributed by atoms with van der Waals surface area (Å²) < 4.78 is 1.90. The van der Waals surface area contributed by atoms with Crippen LogP contribution >= 0.6 is 11.6 Å². The van der Waals surface area contributed by atoms with Crippen LogP contribution in [0, 0.1) is 18.3 Å². The van der Waals surface area contributed by atoms with E-state index in [2.05, 4.69) is 24.4 Å². The fraction of sp³-hybridized carbons (Fsp3) is 0.812. The Bertz CT molecular complexity index is 475. The van der Waals surface area contributed by atoms with Crippen molar-refractivity contribution < 1.29 is 0 Å². The highest BCUT2D eigenvalue weighted by atomic mass is 35.5. The number of nitrogens with two attached hydrogens (primary N) is 1. The van der Waals surface area contributed by atoms with Crippen LogP contribution in [-0.4, -0.2) is 15.8 Å². The maximum absolute atomic E-state index is 6.42. The highest BCUT2D eigenvalue weighted by Crippen LogP contribution is 2.46. The third kappa shape index (κ3) is 3.43. The molecule has 0 saturated heterocycles. The van der Waals surface area contributed by atoms with Crippen LogP contribution in [0.15, 0.2) is 0 Å². The SMILES string of the molecule is Cc1nn(C)c(CC(NN)C2(CC(C)C)CCCC2)c1Cl. The van der Waals surface area contributed by atoms with Gasteiger partial charge < -0.3 is 0 Å². The van der Waals surface area contributed by atoms with E-state index in [0.29, 0.717) is 11.3 Å². The molecule has 21 heavy (non-hydrogen) atoms. The van der Waals surface area contributed by atoms with Gasteiger partial charge >= 0.3 is 0 Å². The first kappa shape index (κ1) is 16.8. The van der Waals surface area contributed by atoms with E-state index in [1.165, 1.54) is 32.1 Å². The van der Waals surface area contributed by atoms with Gasteiger partial charge in [-0.1, -0.05) is 38.3 Å². The highest BCUT2D eigenvalue weighted by Gasteiger charge is 2.41. The minimum atomic E-state index is 0.259. The number of hydrazine groups is 1. The Kier molecular flexibility index (Phi) is 5.33. The van der Waals surface area contributed by atoms with Crippen LogP contribution in [-0.2, 0) is 13.5 Å². The predicted octanol–water partition coefficient (Wildman–Crippen LogP) is 3.36. The molecule has 0 aliphatic heterocycles. The Morgan fingerprint density at radius 3 is 2.43 bits per heavy atom. The average molecular weight is 313 g/mol. The quantitative estimate of drug-likeness (QED) is 0.625. The van der Waals surface area contributed by atoms with Gasteiger partial charge in [-0.15, -0.1) is 0 Å². The summed E-state index contributed by atoms with van der Waals surface area (Å²) in [6.45, 7) is 6.56. The normalized spacial score (nSPS) is 19.4. The van der Waals surface area contributed by atoms with Gasteiger partial charge in [0, 0.05) is 19.5 Å². The zero-order valence-electron chi connectivity index (χ0n) is 13.7. The van der Waals surface area contributed by atoms with Gasteiger partial charge in [-0.2, -0.15) is 5.10 Å². The number of aromatic nitrogens is 2. The number of hydrogen-bond donors (Lipinski definition) is 2. The van der Waals surface area contributed by atoms with Crippen LogP contribution in [0.25, 0.3) is 0 Å². The third-order valence-electron chi connectivity index (χ3n) is 5.01. The van der Waals surface area contributed by atoms with E-state index < -0.39 is 0 Å². The second-order valence-electron chi connectivity index (χ2n) is 7.06. The Morgan fingerprint density at radius 1 is 1.38 bits per heavy atom. The molecule has 1 fully saturated rings. The molecule has 1 aliphatic rings. The number of hydrogen-bond acceptors (Lipinski definition) is 3. The minimum absolute atomic E-state index is 0.259. The molecule has 0 aromatic carbocycles. The molecule has 5 heteroatoms. The van der Waals surface area contributed by atoms with Crippen molar-refractivity contribution in [2.45, 2.75) is 65.3 Å². The third-order valence-corrected chi connectivity index (χ3v) is 5.51. The van der Waals surface area contributed by atoms with Crippen molar-refractivity contribution >= 4 is 11.6 Å². The number of halogens is 1. The highest BCUT2D eigenvalue weighted by molar-refractivity contribution is 6.31. The number of aryl methyl sites for hydroxylation is 2. The summed E-state index contributed by atoms with van der Waals surface area (Å²) >= 11 is 6.42. The van der Waals surface area contributed by atoms with Crippen LogP contribution < -0.4 is 11.3 Å². The van der Waals surface area contributed by atoms with Crippen molar-refractivity contribution in [2.75, 3.05) is 0 Å². The van der Waals surface area contributed by atoms with E-state index in [1.54, 1.807) is 0 Å².